The van der Waals surface area contributed by atoms with Gasteiger partial charge in [0.2, 0.25) is 0 Å². The smallest absolute Gasteiger partial charge is 0.327 e. The van der Waals surface area contributed by atoms with Gasteiger partial charge in [-0.05, 0) is 12.8 Å². The number of hydrogen-bond donors (Lipinski definition) is 4. The fourth-order valence-corrected chi connectivity index (χ4v) is 1.99. The van der Waals surface area contributed by atoms with Crippen LogP contribution in [0.15, 0.2) is 12.2 Å². The maximum Gasteiger partial charge on any atom is 0.327 e. The molecule has 0 aliphatic rings. The molecule has 0 aliphatic heterocycles. The summed E-state index contributed by atoms with van der Waals surface area (Å²) >= 11 is 0. The van der Waals surface area contributed by atoms with Crippen LogP contribution in [0.3, 0.4) is 0 Å². The van der Waals surface area contributed by atoms with Crippen LogP contribution < -0.4 is 0 Å². The molecule has 0 saturated heterocycles. The van der Waals surface area contributed by atoms with Gasteiger partial charge in [0, 0.05) is 25.7 Å². The molecule has 0 heterocycles. The highest BCUT2D eigenvalue weighted by Crippen LogP contribution is 2.06. The van der Waals surface area contributed by atoms with Gasteiger partial charge in [0.1, 0.15) is 0 Å². The molecule has 4 N–H and O–H groups in total. The predicted molar refractivity (Wildman–Crippen MR) is 92.5 cm³/mol. The van der Waals surface area contributed by atoms with Crippen molar-refractivity contribution in [1.82, 2.24) is 4.90 Å². The van der Waals surface area contributed by atoms with Crippen molar-refractivity contribution in [3.63, 3.8) is 0 Å². The summed E-state index contributed by atoms with van der Waals surface area (Å²) in [4.78, 5) is 11.9. The summed E-state index contributed by atoms with van der Waals surface area (Å²) in [6.07, 6.45) is 11.4. The number of hydrogen-bond acceptors (Lipinski definition) is 5. The zero-order valence-electron chi connectivity index (χ0n) is 14.5. The molecule has 138 valence electrons. The second-order valence-corrected chi connectivity index (χ2v) is 5.31. The van der Waals surface area contributed by atoms with E-state index in [1.54, 1.807) is 11.0 Å². The maximum atomic E-state index is 10.1. The van der Waals surface area contributed by atoms with Crippen molar-refractivity contribution in [1.29, 1.82) is 0 Å². The molecule has 23 heavy (non-hydrogen) atoms. The average Bonchev–Trinajstić information content (AvgIpc) is 2.51. The van der Waals surface area contributed by atoms with Crippen LogP contribution in [0.5, 0.6) is 0 Å². The Hall–Kier alpha value is -0.950. The Kier molecular flexibility index (Phi) is 22.2. The van der Waals surface area contributed by atoms with Crippen molar-refractivity contribution in [3.8, 4) is 0 Å². The number of aliphatic hydroxyl groups is 3. The quantitative estimate of drug-likeness (QED) is 0.285. The van der Waals surface area contributed by atoms with Crippen LogP contribution in [0.1, 0.15) is 51.9 Å². The number of carboxylic acid groups (broad SMARTS) is 1. The molecule has 0 atom stereocenters. The Bertz CT molecular complexity index is 257. The zero-order valence-corrected chi connectivity index (χ0v) is 14.5. The lowest BCUT2D eigenvalue weighted by molar-refractivity contribution is -0.131. The zero-order chi connectivity index (χ0) is 17.8. The van der Waals surface area contributed by atoms with Gasteiger partial charge in [-0.15, -0.1) is 0 Å². The number of aliphatic hydroxyl groups excluding tert-OH is 3. The Morgan fingerprint density at radius 2 is 1.35 bits per heavy atom. The molecule has 6 heteroatoms. The van der Waals surface area contributed by atoms with Crippen LogP contribution in [-0.2, 0) is 4.79 Å². The third-order valence-corrected chi connectivity index (χ3v) is 3.23. The second-order valence-electron chi connectivity index (χ2n) is 5.31. The number of allylic oxidation sites excluding steroid dienone is 1. The largest absolute Gasteiger partial charge is 0.478 e. The number of carbonyl (C=O) groups is 1. The first-order valence-electron chi connectivity index (χ1n) is 8.56. The summed E-state index contributed by atoms with van der Waals surface area (Å²) in [6.45, 7) is 3.96. The fraction of sp³-hybridized carbons (Fsp3) is 0.824. The fourth-order valence-electron chi connectivity index (χ4n) is 1.99. The monoisotopic (exact) mass is 333 g/mol. The van der Waals surface area contributed by atoms with Gasteiger partial charge >= 0.3 is 5.97 Å². The molecule has 0 aromatic heterocycles. The summed E-state index contributed by atoms with van der Waals surface area (Å²) in [6, 6.07) is 0. The van der Waals surface area contributed by atoms with Gasteiger partial charge in [0.05, 0.1) is 19.8 Å². The van der Waals surface area contributed by atoms with Gasteiger partial charge in [-0.1, -0.05) is 45.1 Å². The highest BCUT2D eigenvalue weighted by Gasteiger charge is 2.00. The lowest BCUT2D eigenvalue weighted by atomic mass is 10.1. The molecule has 0 aromatic rings. The Morgan fingerprint density at radius 3 is 1.78 bits per heavy atom. The van der Waals surface area contributed by atoms with E-state index in [9.17, 15) is 4.79 Å². The van der Waals surface area contributed by atoms with E-state index in [2.05, 4.69) is 6.92 Å². The molecular weight excluding hydrogens is 298 g/mol. The van der Waals surface area contributed by atoms with Gasteiger partial charge in [-0.25, -0.2) is 4.79 Å². The van der Waals surface area contributed by atoms with Gasteiger partial charge in [0.15, 0.2) is 0 Å². The molecule has 0 spiro atoms. The first-order chi connectivity index (χ1) is 11.1. The molecule has 0 fully saturated rings. The van der Waals surface area contributed by atoms with Gasteiger partial charge < -0.3 is 20.4 Å². The van der Waals surface area contributed by atoms with E-state index in [0.717, 1.165) is 12.8 Å². The highest BCUT2D eigenvalue weighted by molar-refractivity contribution is 5.79. The van der Waals surface area contributed by atoms with Crippen LogP contribution in [-0.4, -0.2) is 70.8 Å². The van der Waals surface area contributed by atoms with E-state index in [0.29, 0.717) is 19.6 Å². The predicted octanol–water partition coefficient (Wildman–Crippen LogP) is 1.64. The highest BCUT2D eigenvalue weighted by atomic mass is 16.4. The van der Waals surface area contributed by atoms with Crippen molar-refractivity contribution in [3.05, 3.63) is 12.2 Å². The normalized spacial score (nSPS) is 10.8. The van der Waals surface area contributed by atoms with E-state index >= 15 is 0 Å². The molecule has 0 radical (unpaired) electrons. The molecule has 0 aromatic carbocycles. The minimum absolute atomic E-state index is 0.0694. The third-order valence-electron chi connectivity index (χ3n) is 3.23. The van der Waals surface area contributed by atoms with Crippen molar-refractivity contribution >= 4 is 5.97 Å². The maximum absolute atomic E-state index is 10.1. The molecule has 6 nitrogen and oxygen atoms in total. The molecule has 0 bridgehead atoms. The third kappa shape index (κ3) is 23.4. The summed E-state index contributed by atoms with van der Waals surface area (Å²) in [5, 5.41) is 33.8. The first-order valence-corrected chi connectivity index (χ1v) is 8.56. The average molecular weight is 333 g/mol. The van der Waals surface area contributed by atoms with E-state index in [4.69, 9.17) is 20.4 Å². The standard InChI is InChI=1S/C11H20O2.C6H15NO3/c1-2-3-4-5-6-7-8-9-10-11(12)13;8-4-1-7(2-5-9)3-6-10/h9-10H,2-8H2,1H3,(H,12,13);8-10H,1-6H2/b10-9+;. The SMILES string of the molecule is CCCCCCCC/C=C/C(=O)O.OCCN(CCO)CCO. The van der Waals surface area contributed by atoms with Crippen molar-refractivity contribution in [2.24, 2.45) is 0 Å². The minimum Gasteiger partial charge on any atom is -0.478 e. The molecule has 0 aliphatic carbocycles. The Balaban J connectivity index is 0. The van der Waals surface area contributed by atoms with Gasteiger partial charge in [-0.3, -0.25) is 4.90 Å². The van der Waals surface area contributed by atoms with Crippen LogP contribution in [0.4, 0.5) is 0 Å². The summed E-state index contributed by atoms with van der Waals surface area (Å²) in [5.74, 6) is -0.842. The first kappa shape index (κ1) is 24.3. The topological polar surface area (TPSA) is 101 Å². The number of nitrogens with zero attached hydrogens (tertiary/aromatic N) is 1. The lowest BCUT2D eigenvalue weighted by Crippen LogP contribution is -2.32. The Morgan fingerprint density at radius 1 is 0.870 bits per heavy atom. The minimum atomic E-state index is -0.842. The van der Waals surface area contributed by atoms with Crippen LogP contribution >= 0.6 is 0 Å². The van der Waals surface area contributed by atoms with Crippen molar-refractivity contribution in [2.45, 2.75) is 51.9 Å². The van der Waals surface area contributed by atoms with Crippen LogP contribution in [0.2, 0.25) is 0 Å². The molecule has 0 unspecified atom stereocenters. The Labute approximate surface area is 140 Å². The second kappa shape index (κ2) is 21.0. The number of rotatable bonds is 14. The molecule has 0 rings (SSSR count). The summed E-state index contributed by atoms with van der Waals surface area (Å²) in [5.41, 5.74) is 0. The lowest BCUT2D eigenvalue weighted by Gasteiger charge is -2.17. The van der Waals surface area contributed by atoms with E-state index < -0.39 is 5.97 Å². The summed E-state index contributed by atoms with van der Waals surface area (Å²) in [7, 11) is 0. The molecular formula is C17H35NO5. The van der Waals surface area contributed by atoms with E-state index in [-0.39, 0.29) is 19.8 Å². The number of aliphatic carboxylic acids is 1. The van der Waals surface area contributed by atoms with Crippen LogP contribution in [0, 0.1) is 0 Å². The molecule has 0 amide bonds. The van der Waals surface area contributed by atoms with E-state index in [1.807, 2.05) is 0 Å². The van der Waals surface area contributed by atoms with Gasteiger partial charge in [0.25, 0.3) is 0 Å². The number of unbranched alkanes of at least 4 members (excludes halogenated alkanes) is 6. The van der Waals surface area contributed by atoms with Crippen molar-refractivity contribution in [2.75, 3.05) is 39.5 Å². The van der Waals surface area contributed by atoms with Gasteiger partial charge in [-0.2, -0.15) is 0 Å². The van der Waals surface area contributed by atoms with E-state index in [1.165, 1.54) is 38.2 Å². The van der Waals surface area contributed by atoms with Crippen molar-refractivity contribution < 1.29 is 25.2 Å². The van der Waals surface area contributed by atoms with Crippen LogP contribution in [0.25, 0.3) is 0 Å². The number of carboxylic acids is 1. The molecule has 0 saturated carbocycles. The summed E-state index contributed by atoms with van der Waals surface area (Å²) < 4.78 is 0.